The smallest absolute Gasteiger partial charge is 0.287 e. The minimum Gasteiger partial charge on any atom is -0.493 e. The largest absolute Gasteiger partial charge is 0.493 e. The third kappa shape index (κ3) is 3.44. The number of rotatable bonds is 5. The Hall–Kier alpha value is -3.33. The van der Waals surface area contributed by atoms with Crippen LogP contribution in [0.2, 0.25) is 0 Å². The number of aromatic amines is 1. The maximum Gasteiger partial charge on any atom is 0.287 e. The molecule has 4 rings (SSSR count). The highest BCUT2D eigenvalue weighted by Crippen LogP contribution is 2.35. The van der Waals surface area contributed by atoms with Crippen LogP contribution in [0.1, 0.15) is 31.2 Å². The van der Waals surface area contributed by atoms with Crippen molar-refractivity contribution in [3.8, 4) is 5.88 Å². The molecule has 0 aliphatic rings. The van der Waals surface area contributed by atoms with Gasteiger partial charge in [0.15, 0.2) is 5.69 Å². The number of carbonyl (C=O) groups is 1. The molecule has 1 atom stereocenters. The van der Waals surface area contributed by atoms with E-state index in [1.165, 1.54) is 22.2 Å². The first kappa shape index (κ1) is 19.0. The second-order valence-electron chi connectivity index (χ2n) is 6.72. The maximum absolute atomic E-state index is 12.8. The van der Waals surface area contributed by atoms with E-state index in [1.807, 2.05) is 12.1 Å². The van der Waals surface area contributed by atoms with Gasteiger partial charge in [0, 0.05) is 10.3 Å². The summed E-state index contributed by atoms with van der Waals surface area (Å²) >= 11 is 1.49. The van der Waals surface area contributed by atoms with E-state index >= 15 is 0 Å². The predicted molar refractivity (Wildman–Crippen MR) is 112 cm³/mol. The summed E-state index contributed by atoms with van der Waals surface area (Å²) in [5.74, 6) is -0.778. The fraction of sp³-hybridized carbons (Fsp3) is 0.250. The quantitative estimate of drug-likeness (QED) is 0.474. The fourth-order valence-corrected chi connectivity index (χ4v) is 4.24. The van der Waals surface area contributed by atoms with Gasteiger partial charge < -0.3 is 10.1 Å². The number of hydrogen-bond donors (Lipinski definition) is 2. The Bertz CT molecular complexity index is 1300. The zero-order valence-electron chi connectivity index (χ0n) is 15.9. The van der Waals surface area contributed by atoms with Crippen molar-refractivity contribution < 1.29 is 9.90 Å². The summed E-state index contributed by atoms with van der Waals surface area (Å²) in [7, 11) is 0. The van der Waals surface area contributed by atoms with E-state index in [-0.39, 0.29) is 17.1 Å². The zero-order valence-corrected chi connectivity index (χ0v) is 16.7. The highest BCUT2D eigenvalue weighted by Gasteiger charge is 2.19. The standard InChI is InChI=1S/C20H19N5O3S/c1-3-6-12-9-14-19(29-12)21-10-25(20(14)28)11(2)17(26)24-23-16-13-7-4-5-8-15(13)22-18(16)27/h4-5,7-11,22,27H,3,6H2,1-2H3/t11-/m1/s1. The van der Waals surface area contributed by atoms with Crippen molar-refractivity contribution in [2.75, 3.05) is 0 Å². The first-order chi connectivity index (χ1) is 14.0. The number of amides is 1. The minimum atomic E-state index is -0.870. The van der Waals surface area contributed by atoms with Gasteiger partial charge in [-0.05, 0) is 25.5 Å². The molecule has 0 unspecified atom stereocenters. The molecule has 0 saturated carbocycles. The van der Waals surface area contributed by atoms with Crippen molar-refractivity contribution in [2.24, 2.45) is 10.2 Å². The average molecular weight is 409 g/mol. The van der Waals surface area contributed by atoms with Crippen molar-refractivity contribution in [2.45, 2.75) is 32.7 Å². The molecule has 9 heteroatoms. The lowest BCUT2D eigenvalue weighted by Crippen LogP contribution is -2.27. The van der Waals surface area contributed by atoms with Gasteiger partial charge in [-0.15, -0.1) is 21.6 Å². The normalized spacial score (nSPS) is 12.9. The van der Waals surface area contributed by atoms with Crippen LogP contribution in [0.15, 0.2) is 51.7 Å². The topological polar surface area (TPSA) is 113 Å². The number of azo groups is 1. The molecule has 8 nitrogen and oxygen atoms in total. The third-order valence-electron chi connectivity index (χ3n) is 4.71. The molecule has 3 aromatic heterocycles. The molecule has 1 aromatic carbocycles. The van der Waals surface area contributed by atoms with Gasteiger partial charge in [0.25, 0.3) is 11.5 Å². The van der Waals surface area contributed by atoms with Gasteiger partial charge in [-0.25, -0.2) is 4.98 Å². The van der Waals surface area contributed by atoms with Crippen molar-refractivity contribution in [1.29, 1.82) is 0 Å². The zero-order chi connectivity index (χ0) is 20.5. The number of thiophene rings is 1. The molecular weight excluding hydrogens is 390 g/mol. The molecule has 0 aliphatic carbocycles. The van der Waals surface area contributed by atoms with Gasteiger partial charge in [0.1, 0.15) is 10.9 Å². The number of aromatic hydroxyl groups is 1. The predicted octanol–water partition coefficient (Wildman–Crippen LogP) is 4.47. The van der Waals surface area contributed by atoms with Crippen molar-refractivity contribution in [3.63, 3.8) is 0 Å². The maximum atomic E-state index is 12.8. The van der Waals surface area contributed by atoms with E-state index in [0.29, 0.717) is 21.1 Å². The fourth-order valence-electron chi connectivity index (χ4n) is 3.15. The van der Waals surface area contributed by atoms with Crippen molar-refractivity contribution >= 4 is 44.1 Å². The van der Waals surface area contributed by atoms with E-state index in [2.05, 4.69) is 27.1 Å². The highest BCUT2D eigenvalue weighted by atomic mass is 32.1. The van der Waals surface area contributed by atoms with Crippen LogP contribution in [0.5, 0.6) is 5.88 Å². The summed E-state index contributed by atoms with van der Waals surface area (Å²) < 4.78 is 1.27. The van der Waals surface area contributed by atoms with Crippen LogP contribution in [0, 0.1) is 0 Å². The lowest BCUT2D eigenvalue weighted by atomic mass is 10.2. The second-order valence-corrected chi connectivity index (χ2v) is 7.84. The Morgan fingerprint density at radius 2 is 2.14 bits per heavy atom. The van der Waals surface area contributed by atoms with Crippen LogP contribution in [-0.4, -0.2) is 25.5 Å². The van der Waals surface area contributed by atoms with E-state index in [9.17, 15) is 14.7 Å². The molecular formula is C20H19N5O3S. The third-order valence-corrected chi connectivity index (χ3v) is 5.81. The molecule has 2 N–H and O–H groups in total. The van der Waals surface area contributed by atoms with E-state index in [1.54, 1.807) is 25.1 Å². The van der Waals surface area contributed by atoms with E-state index in [0.717, 1.165) is 17.7 Å². The molecule has 4 aromatic rings. The number of H-pyrrole nitrogens is 1. The number of para-hydroxylation sites is 1. The van der Waals surface area contributed by atoms with Gasteiger partial charge >= 0.3 is 0 Å². The van der Waals surface area contributed by atoms with Crippen LogP contribution in [0.3, 0.4) is 0 Å². The Kier molecular flexibility index (Phi) is 4.98. The molecule has 148 valence electrons. The molecule has 0 radical (unpaired) electrons. The van der Waals surface area contributed by atoms with Gasteiger partial charge in [-0.2, -0.15) is 0 Å². The molecule has 0 saturated heterocycles. The van der Waals surface area contributed by atoms with Crippen LogP contribution < -0.4 is 5.56 Å². The summed E-state index contributed by atoms with van der Waals surface area (Å²) in [5.41, 5.74) is 0.592. The number of nitrogens with zero attached hydrogens (tertiary/aromatic N) is 4. The van der Waals surface area contributed by atoms with Crippen LogP contribution >= 0.6 is 11.3 Å². The molecule has 1 amide bonds. The average Bonchev–Trinajstić information content (AvgIpc) is 3.26. The van der Waals surface area contributed by atoms with Crippen molar-refractivity contribution in [1.82, 2.24) is 14.5 Å². The Morgan fingerprint density at radius 3 is 2.93 bits per heavy atom. The summed E-state index contributed by atoms with van der Waals surface area (Å²) in [4.78, 5) is 34.2. The Labute approximate surface area is 169 Å². The Morgan fingerprint density at radius 1 is 1.34 bits per heavy atom. The number of benzene rings is 1. The van der Waals surface area contributed by atoms with Crippen LogP contribution in [0.25, 0.3) is 21.1 Å². The van der Waals surface area contributed by atoms with Gasteiger partial charge in [-0.1, -0.05) is 31.5 Å². The number of aromatic nitrogens is 3. The SMILES string of the molecule is CCCc1cc2c(=O)n([C@H](C)C(=O)N=Nc3c(O)[nH]c4ccccc34)cnc2s1. The molecule has 3 heterocycles. The minimum absolute atomic E-state index is 0.169. The van der Waals surface area contributed by atoms with Crippen molar-refractivity contribution in [3.05, 3.63) is 51.9 Å². The van der Waals surface area contributed by atoms with Gasteiger partial charge in [0.2, 0.25) is 5.88 Å². The van der Waals surface area contributed by atoms with Gasteiger partial charge in [0.05, 0.1) is 17.2 Å². The number of nitrogens with one attached hydrogen (secondary N) is 1. The Balaban J connectivity index is 1.63. The first-order valence-corrected chi connectivity index (χ1v) is 10.1. The summed E-state index contributed by atoms with van der Waals surface area (Å²) in [6, 6.07) is 8.14. The summed E-state index contributed by atoms with van der Waals surface area (Å²) in [6.07, 6.45) is 3.24. The lowest BCUT2D eigenvalue weighted by Gasteiger charge is -2.09. The summed E-state index contributed by atoms with van der Waals surface area (Å²) in [6.45, 7) is 3.65. The number of aryl methyl sites for hydroxylation is 1. The number of fused-ring (bicyclic) bond motifs is 2. The molecule has 0 spiro atoms. The first-order valence-electron chi connectivity index (χ1n) is 9.24. The molecule has 29 heavy (non-hydrogen) atoms. The van der Waals surface area contributed by atoms with E-state index < -0.39 is 11.9 Å². The van der Waals surface area contributed by atoms with E-state index in [4.69, 9.17) is 0 Å². The molecule has 0 fully saturated rings. The molecule has 0 bridgehead atoms. The van der Waals surface area contributed by atoms with Crippen LogP contribution in [0.4, 0.5) is 5.69 Å². The highest BCUT2D eigenvalue weighted by molar-refractivity contribution is 7.18. The van der Waals surface area contributed by atoms with Gasteiger partial charge in [-0.3, -0.25) is 14.2 Å². The van der Waals surface area contributed by atoms with Crippen LogP contribution in [-0.2, 0) is 11.2 Å². The number of hydrogen-bond acceptors (Lipinski definition) is 6. The lowest BCUT2D eigenvalue weighted by molar-refractivity contribution is -0.121. The summed E-state index contributed by atoms with van der Waals surface area (Å²) in [5, 5.41) is 18.8. The second kappa shape index (κ2) is 7.59. The molecule has 0 aliphatic heterocycles. The monoisotopic (exact) mass is 409 g/mol. The number of carbonyl (C=O) groups excluding carboxylic acids is 1.